The third kappa shape index (κ3) is 5.20. The van der Waals surface area contributed by atoms with Crippen LogP contribution in [-0.2, 0) is 13.6 Å². The molecular weight excluding hydrogens is 374 g/mol. The average Bonchev–Trinajstić information content (AvgIpc) is 2.58. The largest absolute Gasteiger partial charge is 0.698 e. The van der Waals surface area contributed by atoms with Crippen molar-refractivity contribution in [2.45, 2.75) is 0 Å². The number of hydrogen-bond acceptors (Lipinski definition) is 5. The maximum Gasteiger partial charge on any atom is 0.698 e. The minimum Gasteiger partial charge on any atom is -0.291 e. The topological polar surface area (TPSA) is 69.7 Å². The average molecular weight is 386 g/mol. The molecule has 0 spiro atoms. The predicted octanol–water partition coefficient (Wildman–Crippen LogP) is 4.75. The van der Waals surface area contributed by atoms with Crippen LogP contribution >= 0.6 is 31.5 Å². The van der Waals surface area contributed by atoms with Gasteiger partial charge in [0, 0.05) is 15.7 Å². The van der Waals surface area contributed by atoms with Gasteiger partial charge in [0.05, 0.1) is 10.0 Å². The van der Waals surface area contributed by atoms with E-state index in [0.717, 1.165) is 0 Å². The van der Waals surface area contributed by atoms with Crippen molar-refractivity contribution in [2.24, 2.45) is 0 Å². The monoisotopic (exact) mass is 385 g/mol. The van der Waals surface area contributed by atoms with Crippen molar-refractivity contribution in [3.63, 3.8) is 0 Å². The molecule has 0 saturated heterocycles. The highest BCUT2D eigenvalue weighted by Crippen LogP contribution is 2.26. The summed E-state index contributed by atoms with van der Waals surface area (Å²) >= 11 is 11.8. The number of rotatable bonds is 8. The van der Waals surface area contributed by atoms with Crippen LogP contribution in [-0.4, -0.2) is 24.8 Å². The fourth-order valence-electron chi connectivity index (χ4n) is 1.79. The van der Waals surface area contributed by atoms with Gasteiger partial charge in [-0.1, -0.05) is 47.5 Å². The van der Waals surface area contributed by atoms with E-state index < -0.39 is 33.0 Å². The summed E-state index contributed by atoms with van der Waals surface area (Å²) in [5, 5.41) is 0.548. The Morgan fingerprint density at radius 3 is 1.54 bits per heavy atom. The quantitative estimate of drug-likeness (QED) is 0.484. The van der Waals surface area contributed by atoms with Crippen molar-refractivity contribution in [2.75, 3.05) is 13.2 Å². The molecule has 0 aliphatic rings. The Kier molecular flexibility index (Phi) is 7.03. The van der Waals surface area contributed by atoms with Gasteiger partial charge >= 0.3 is 8.25 Å². The molecule has 24 heavy (non-hydrogen) atoms. The molecule has 0 heterocycles. The number of carbonyl (C=O) groups excluding carboxylic acids is 2. The molecule has 0 radical (unpaired) electrons. The van der Waals surface area contributed by atoms with Crippen molar-refractivity contribution < 1.29 is 23.2 Å². The normalized spacial score (nSPS) is 10.4. The molecular formula is C16H12Cl2O5P+. The summed E-state index contributed by atoms with van der Waals surface area (Å²) in [6, 6.07) is 12.9. The molecule has 0 aliphatic carbocycles. The van der Waals surface area contributed by atoms with E-state index in [1.54, 1.807) is 36.4 Å². The lowest BCUT2D eigenvalue weighted by molar-refractivity contribution is 0.0877. The number of hydrogen-bond donors (Lipinski definition) is 0. The minimum atomic E-state index is -2.62. The Bertz CT molecular complexity index is 715. The molecule has 124 valence electrons. The summed E-state index contributed by atoms with van der Waals surface area (Å²) in [5.74, 6) is -0.880. The van der Waals surface area contributed by atoms with E-state index in [1.807, 2.05) is 0 Å². The molecule has 0 unspecified atom stereocenters. The van der Waals surface area contributed by atoms with Gasteiger partial charge < -0.3 is 0 Å². The zero-order chi connectivity index (χ0) is 17.5. The lowest BCUT2D eigenvalue weighted by Crippen LogP contribution is -2.09. The van der Waals surface area contributed by atoms with E-state index in [-0.39, 0.29) is 21.2 Å². The second-order valence-electron chi connectivity index (χ2n) is 4.58. The molecule has 0 amide bonds. The lowest BCUT2D eigenvalue weighted by atomic mass is 10.1. The van der Waals surface area contributed by atoms with Gasteiger partial charge in [-0.25, -0.2) is 0 Å². The number of benzene rings is 2. The first-order valence-corrected chi connectivity index (χ1v) is 8.62. The fourth-order valence-corrected chi connectivity index (χ4v) is 2.79. The molecule has 8 heteroatoms. The van der Waals surface area contributed by atoms with Gasteiger partial charge in [0.1, 0.15) is 0 Å². The molecule has 0 aromatic heterocycles. The molecule has 5 nitrogen and oxygen atoms in total. The Morgan fingerprint density at radius 1 is 0.792 bits per heavy atom. The zero-order valence-electron chi connectivity index (χ0n) is 12.3. The smallest absolute Gasteiger partial charge is 0.291 e. The summed E-state index contributed by atoms with van der Waals surface area (Å²) < 4.78 is 21.3. The molecule has 0 bridgehead atoms. The Balaban J connectivity index is 1.82. The van der Waals surface area contributed by atoms with Crippen LogP contribution in [0.15, 0.2) is 48.5 Å². The number of halogens is 2. The number of ketones is 2. The van der Waals surface area contributed by atoms with Crippen molar-refractivity contribution in [1.29, 1.82) is 0 Å². The highest BCUT2D eigenvalue weighted by Gasteiger charge is 2.26. The van der Waals surface area contributed by atoms with E-state index in [1.165, 1.54) is 12.1 Å². The van der Waals surface area contributed by atoms with E-state index in [9.17, 15) is 14.2 Å². The van der Waals surface area contributed by atoms with Crippen LogP contribution in [0.3, 0.4) is 0 Å². The predicted molar refractivity (Wildman–Crippen MR) is 91.1 cm³/mol. The molecule has 0 fully saturated rings. The van der Waals surface area contributed by atoms with Crippen molar-refractivity contribution in [1.82, 2.24) is 0 Å². The SMILES string of the molecule is O=C(CO[P+](=O)OCC(=O)c1ccccc1Cl)c1ccccc1Cl. The molecule has 0 atom stereocenters. The van der Waals surface area contributed by atoms with Crippen molar-refractivity contribution >= 4 is 43.0 Å². The van der Waals surface area contributed by atoms with E-state index in [4.69, 9.17) is 32.2 Å². The van der Waals surface area contributed by atoms with Crippen LogP contribution in [0.2, 0.25) is 10.0 Å². The Hall–Kier alpha value is -1.62. The highest BCUT2D eigenvalue weighted by atomic mass is 35.5. The zero-order valence-corrected chi connectivity index (χ0v) is 14.7. The second kappa shape index (κ2) is 9.02. The maximum absolute atomic E-state index is 11.9. The summed E-state index contributed by atoms with van der Waals surface area (Å²) in [5.41, 5.74) is 0.518. The first kappa shape index (κ1) is 18.7. The highest BCUT2D eigenvalue weighted by molar-refractivity contribution is 7.33. The van der Waals surface area contributed by atoms with Crippen molar-refractivity contribution in [3.05, 3.63) is 69.7 Å². The molecule has 2 rings (SSSR count). The lowest BCUT2D eigenvalue weighted by Gasteiger charge is -2.00. The van der Waals surface area contributed by atoms with Crippen LogP contribution < -0.4 is 0 Å². The molecule has 0 aliphatic heterocycles. The summed E-state index contributed by atoms with van der Waals surface area (Å²) in [6.07, 6.45) is 0. The Morgan fingerprint density at radius 2 is 1.17 bits per heavy atom. The standard InChI is InChI=1S/C16H12Cl2O5P/c17-13-7-3-1-5-11(13)15(19)9-22-24(21)23-10-16(20)12-6-2-4-8-14(12)18/h1-8H,9-10H2/q+1. The van der Waals surface area contributed by atoms with Crippen LogP contribution in [0.4, 0.5) is 0 Å². The van der Waals surface area contributed by atoms with Gasteiger partial charge in [0.2, 0.25) is 0 Å². The first-order valence-electron chi connectivity index (χ1n) is 6.77. The van der Waals surface area contributed by atoms with Crippen LogP contribution in [0.1, 0.15) is 20.7 Å². The van der Waals surface area contributed by atoms with E-state index in [2.05, 4.69) is 0 Å². The fraction of sp³-hybridized carbons (Fsp3) is 0.125. The molecule has 2 aromatic rings. The van der Waals surface area contributed by atoms with Crippen molar-refractivity contribution in [3.8, 4) is 0 Å². The molecule has 0 N–H and O–H groups in total. The third-order valence-corrected chi connectivity index (χ3v) is 4.29. The van der Waals surface area contributed by atoms with Crippen LogP contribution in [0.25, 0.3) is 0 Å². The van der Waals surface area contributed by atoms with Gasteiger partial charge in [-0.05, 0) is 24.3 Å². The summed E-state index contributed by atoms with van der Waals surface area (Å²) in [7, 11) is -2.62. The van der Waals surface area contributed by atoms with Gasteiger partial charge in [-0.15, -0.1) is 9.05 Å². The van der Waals surface area contributed by atoms with Crippen LogP contribution in [0, 0.1) is 0 Å². The van der Waals surface area contributed by atoms with Gasteiger partial charge in [0.15, 0.2) is 24.8 Å². The van der Waals surface area contributed by atoms with Gasteiger partial charge in [0.25, 0.3) is 0 Å². The third-order valence-electron chi connectivity index (χ3n) is 2.95. The Labute approximate surface area is 149 Å². The first-order chi connectivity index (χ1) is 11.5. The van der Waals surface area contributed by atoms with E-state index >= 15 is 0 Å². The summed E-state index contributed by atoms with van der Waals surface area (Å²) in [6.45, 7) is -0.946. The van der Waals surface area contributed by atoms with E-state index in [0.29, 0.717) is 0 Å². The molecule has 0 saturated carbocycles. The van der Waals surface area contributed by atoms with Gasteiger partial charge in [-0.3, -0.25) is 9.59 Å². The molecule has 2 aromatic carbocycles. The maximum atomic E-state index is 11.9. The number of carbonyl (C=O) groups is 2. The minimum absolute atomic E-state index is 0.259. The summed E-state index contributed by atoms with van der Waals surface area (Å²) in [4.78, 5) is 23.8. The van der Waals surface area contributed by atoms with Gasteiger partial charge in [-0.2, -0.15) is 0 Å². The second-order valence-corrected chi connectivity index (χ2v) is 6.35. The number of Topliss-reactive ketones (excluding diaryl/α,β-unsaturated/α-hetero) is 2. The van der Waals surface area contributed by atoms with Crippen LogP contribution in [0.5, 0.6) is 0 Å².